The minimum Gasteiger partial charge on any atom is -0.303 e. The highest BCUT2D eigenvalue weighted by atomic mass is 16.3. The van der Waals surface area contributed by atoms with E-state index in [1.54, 1.807) is 6.07 Å². The van der Waals surface area contributed by atoms with Crippen LogP contribution in [0.1, 0.15) is 32.2 Å². The number of nitrogens with zero attached hydrogens (tertiary/aromatic N) is 4. The largest absolute Gasteiger partial charge is 0.303 e. The van der Waals surface area contributed by atoms with Gasteiger partial charge in [0.2, 0.25) is 0 Å². The standard InChI is InChI=1S/C15H20N4O/c1-2-7-18-8-5-14(6-9-18)19-15-10-13(17-20)4-3-12(15)11-16-19/h3-4,10-11,14H,2,5-9H2,1H3. The molecule has 1 aromatic carbocycles. The molecule has 0 amide bonds. The number of fused-ring (bicyclic) bond motifs is 1. The average molecular weight is 272 g/mol. The molecule has 20 heavy (non-hydrogen) atoms. The molecule has 1 aliphatic rings. The van der Waals surface area contributed by atoms with Crippen molar-refractivity contribution < 1.29 is 0 Å². The van der Waals surface area contributed by atoms with Crippen LogP contribution in [0.25, 0.3) is 10.9 Å². The van der Waals surface area contributed by atoms with E-state index >= 15 is 0 Å². The normalized spacial score (nSPS) is 17.6. The molecule has 0 bridgehead atoms. The highest BCUT2D eigenvalue weighted by Crippen LogP contribution is 2.28. The monoisotopic (exact) mass is 272 g/mol. The van der Waals surface area contributed by atoms with E-state index in [0.717, 1.165) is 36.8 Å². The van der Waals surface area contributed by atoms with Gasteiger partial charge in [-0.15, -0.1) is 4.91 Å². The van der Waals surface area contributed by atoms with E-state index in [-0.39, 0.29) is 0 Å². The molecule has 0 N–H and O–H groups in total. The number of hydrogen-bond donors (Lipinski definition) is 0. The summed E-state index contributed by atoms with van der Waals surface area (Å²) in [4.78, 5) is 13.2. The number of hydrogen-bond acceptors (Lipinski definition) is 4. The van der Waals surface area contributed by atoms with Gasteiger partial charge in [0.05, 0.1) is 17.8 Å². The van der Waals surface area contributed by atoms with E-state index in [1.807, 2.05) is 18.3 Å². The van der Waals surface area contributed by atoms with Gasteiger partial charge in [-0.25, -0.2) is 0 Å². The van der Waals surface area contributed by atoms with E-state index in [4.69, 9.17) is 0 Å². The van der Waals surface area contributed by atoms with Gasteiger partial charge >= 0.3 is 0 Å². The zero-order valence-electron chi connectivity index (χ0n) is 11.8. The van der Waals surface area contributed by atoms with Crippen LogP contribution in [0.3, 0.4) is 0 Å². The molecule has 0 radical (unpaired) electrons. The number of piperidine rings is 1. The van der Waals surface area contributed by atoms with Crippen molar-refractivity contribution in [3.63, 3.8) is 0 Å². The molecule has 1 aliphatic heterocycles. The first-order valence-electron chi connectivity index (χ1n) is 7.35. The number of likely N-dealkylation sites (tertiary alicyclic amines) is 1. The molecule has 1 fully saturated rings. The Bertz CT molecular complexity index is 599. The van der Waals surface area contributed by atoms with Gasteiger partial charge in [0.25, 0.3) is 0 Å². The molecule has 2 aromatic rings. The highest BCUT2D eigenvalue weighted by molar-refractivity contribution is 5.81. The fraction of sp³-hybridized carbons (Fsp3) is 0.533. The lowest BCUT2D eigenvalue weighted by molar-refractivity contribution is 0.182. The Morgan fingerprint density at radius 3 is 2.85 bits per heavy atom. The zero-order valence-corrected chi connectivity index (χ0v) is 11.8. The van der Waals surface area contributed by atoms with Crippen LogP contribution in [0, 0.1) is 4.91 Å². The Morgan fingerprint density at radius 1 is 1.35 bits per heavy atom. The van der Waals surface area contributed by atoms with Crippen LogP contribution in [0.4, 0.5) is 5.69 Å². The molecule has 0 atom stereocenters. The zero-order chi connectivity index (χ0) is 13.9. The molecule has 106 valence electrons. The number of aromatic nitrogens is 2. The van der Waals surface area contributed by atoms with Gasteiger partial charge in [-0.2, -0.15) is 5.10 Å². The van der Waals surface area contributed by atoms with E-state index in [0.29, 0.717) is 11.7 Å². The van der Waals surface area contributed by atoms with Crippen molar-refractivity contribution in [3.8, 4) is 0 Å². The van der Waals surface area contributed by atoms with Gasteiger partial charge < -0.3 is 4.90 Å². The van der Waals surface area contributed by atoms with Gasteiger partial charge in [0.1, 0.15) is 5.69 Å². The summed E-state index contributed by atoms with van der Waals surface area (Å²) in [6, 6.07) is 5.93. The van der Waals surface area contributed by atoms with Crippen molar-refractivity contribution in [3.05, 3.63) is 29.3 Å². The third-order valence-electron chi connectivity index (χ3n) is 4.13. The maximum absolute atomic E-state index is 10.7. The Balaban J connectivity index is 1.82. The van der Waals surface area contributed by atoms with Gasteiger partial charge in [-0.1, -0.05) is 6.92 Å². The summed E-state index contributed by atoms with van der Waals surface area (Å²) < 4.78 is 2.08. The SMILES string of the molecule is CCCN1CCC(n2ncc3ccc(N=O)cc32)CC1. The highest BCUT2D eigenvalue weighted by Gasteiger charge is 2.21. The molecule has 3 rings (SSSR count). The van der Waals surface area contributed by atoms with Crippen LogP contribution in [0.2, 0.25) is 0 Å². The first kappa shape index (κ1) is 13.2. The second-order valence-electron chi connectivity index (χ2n) is 5.50. The van der Waals surface area contributed by atoms with E-state index in [9.17, 15) is 4.91 Å². The number of nitroso groups, excluding NO2 is 1. The minimum absolute atomic E-state index is 0.433. The summed E-state index contributed by atoms with van der Waals surface area (Å²) in [5.41, 5.74) is 1.50. The Kier molecular flexibility index (Phi) is 3.78. The van der Waals surface area contributed by atoms with E-state index in [2.05, 4.69) is 26.8 Å². The van der Waals surface area contributed by atoms with Crippen LogP contribution in [-0.4, -0.2) is 34.3 Å². The first-order chi connectivity index (χ1) is 9.81. The maximum atomic E-state index is 10.7. The lowest BCUT2D eigenvalue weighted by Crippen LogP contribution is -2.35. The summed E-state index contributed by atoms with van der Waals surface area (Å²) in [6.07, 6.45) is 5.33. The summed E-state index contributed by atoms with van der Waals surface area (Å²) in [5, 5.41) is 8.62. The van der Waals surface area contributed by atoms with Crippen molar-refractivity contribution in [2.24, 2.45) is 5.18 Å². The Hall–Kier alpha value is -1.75. The van der Waals surface area contributed by atoms with Gasteiger partial charge in [-0.05, 0) is 49.2 Å². The third kappa shape index (κ3) is 2.45. The molecule has 2 heterocycles. The molecule has 0 spiro atoms. The lowest BCUT2D eigenvalue weighted by Gasteiger charge is -2.32. The molecule has 0 unspecified atom stereocenters. The second kappa shape index (κ2) is 5.71. The third-order valence-corrected chi connectivity index (χ3v) is 4.13. The average Bonchev–Trinajstić information content (AvgIpc) is 2.91. The molecular formula is C15H20N4O. The summed E-state index contributed by atoms with van der Waals surface area (Å²) in [5.74, 6) is 0. The van der Waals surface area contributed by atoms with Crippen molar-refractivity contribution in [2.75, 3.05) is 19.6 Å². The predicted molar refractivity (Wildman–Crippen MR) is 80.2 cm³/mol. The van der Waals surface area contributed by atoms with Gasteiger partial charge in [-0.3, -0.25) is 4.68 Å². The molecule has 5 heteroatoms. The van der Waals surface area contributed by atoms with Crippen LogP contribution < -0.4 is 0 Å². The fourth-order valence-electron chi connectivity index (χ4n) is 3.08. The van der Waals surface area contributed by atoms with Crippen molar-refractivity contribution in [1.29, 1.82) is 0 Å². The molecule has 0 aliphatic carbocycles. The summed E-state index contributed by atoms with van der Waals surface area (Å²) in [6.45, 7) is 5.67. The van der Waals surface area contributed by atoms with Crippen molar-refractivity contribution in [1.82, 2.24) is 14.7 Å². The fourth-order valence-corrected chi connectivity index (χ4v) is 3.08. The summed E-state index contributed by atoms with van der Waals surface area (Å²) >= 11 is 0. The van der Waals surface area contributed by atoms with E-state index in [1.165, 1.54) is 13.0 Å². The van der Waals surface area contributed by atoms with Crippen LogP contribution in [0.5, 0.6) is 0 Å². The van der Waals surface area contributed by atoms with Crippen molar-refractivity contribution >= 4 is 16.6 Å². The Morgan fingerprint density at radius 2 is 2.15 bits per heavy atom. The summed E-state index contributed by atoms with van der Waals surface area (Å²) in [7, 11) is 0. The number of benzene rings is 1. The van der Waals surface area contributed by atoms with Gasteiger partial charge in [0.15, 0.2) is 0 Å². The molecule has 1 aromatic heterocycles. The number of rotatable bonds is 4. The second-order valence-corrected chi connectivity index (χ2v) is 5.50. The smallest absolute Gasteiger partial charge is 0.110 e. The topological polar surface area (TPSA) is 50.5 Å². The predicted octanol–water partition coefficient (Wildman–Crippen LogP) is 3.48. The Labute approximate surface area is 118 Å². The molecule has 1 saturated heterocycles. The van der Waals surface area contributed by atoms with Crippen LogP contribution >= 0.6 is 0 Å². The molecular weight excluding hydrogens is 252 g/mol. The lowest BCUT2D eigenvalue weighted by atomic mass is 10.0. The molecule has 0 saturated carbocycles. The van der Waals surface area contributed by atoms with Crippen LogP contribution in [0.15, 0.2) is 29.6 Å². The minimum atomic E-state index is 0.433. The maximum Gasteiger partial charge on any atom is 0.110 e. The quantitative estimate of drug-likeness (QED) is 0.801. The van der Waals surface area contributed by atoms with Crippen LogP contribution in [-0.2, 0) is 0 Å². The van der Waals surface area contributed by atoms with Crippen molar-refractivity contribution in [2.45, 2.75) is 32.2 Å². The van der Waals surface area contributed by atoms with Gasteiger partial charge in [0, 0.05) is 18.5 Å². The molecule has 5 nitrogen and oxygen atoms in total. The first-order valence-corrected chi connectivity index (χ1v) is 7.35. The van der Waals surface area contributed by atoms with E-state index < -0.39 is 0 Å².